The van der Waals surface area contributed by atoms with E-state index in [-0.39, 0.29) is 11.5 Å². The molecule has 3 nitrogen and oxygen atoms in total. The predicted molar refractivity (Wildman–Crippen MR) is 52.4 cm³/mol. The Hall–Kier alpha value is -0.600. The van der Waals surface area contributed by atoms with Crippen molar-refractivity contribution in [1.82, 2.24) is 0 Å². The van der Waals surface area contributed by atoms with E-state index < -0.39 is 0 Å². The first-order chi connectivity index (χ1) is 6.72. The summed E-state index contributed by atoms with van der Waals surface area (Å²) >= 11 is 0. The molecular formula is C11H17NO2. The Kier molecular flexibility index (Phi) is 1.83. The minimum Gasteiger partial charge on any atom is -0.265 e. The summed E-state index contributed by atoms with van der Waals surface area (Å²) in [6.45, 7) is 0.245. The number of hydrogen-bond donors (Lipinski definition) is 0. The zero-order valence-electron chi connectivity index (χ0n) is 8.39. The van der Waals surface area contributed by atoms with Gasteiger partial charge in [0, 0.05) is 10.8 Å². The minimum absolute atomic E-state index is 0.0904. The van der Waals surface area contributed by atoms with Gasteiger partial charge in [0.1, 0.15) is 0 Å². The van der Waals surface area contributed by atoms with Crippen LogP contribution in [0.4, 0.5) is 0 Å². The lowest BCUT2D eigenvalue weighted by Gasteiger charge is -2.53. The van der Waals surface area contributed by atoms with Gasteiger partial charge in [-0.3, -0.25) is 10.1 Å². The van der Waals surface area contributed by atoms with Crippen molar-refractivity contribution < 1.29 is 4.92 Å². The van der Waals surface area contributed by atoms with Gasteiger partial charge in [0.25, 0.3) is 0 Å². The molecule has 3 heteroatoms. The SMILES string of the molecule is O=[N+]([O-])CC1C2CC3CC(C2)CC1C3. The molecule has 0 atom stereocenters. The molecule has 4 fully saturated rings. The summed E-state index contributed by atoms with van der Waals surface area (Å²) in [5, 5.41) is 10.6. The van der Waals surface area contributed by atoms with Gasteiger partial charge in [0.2, 0.25) is 6.54 Å². The third-order valence-corrected chi connectivity index (χ3v) is 4.78. The first-order valence-corrected chi connectivity index (χ1v) is 5.84. The molecule has 4 aliphatic rings. The summed E-state index contributed by atoms with van der Waals surface area (Å²) in [6.07, 6.45) is 6.62. The van der Waals surface area contributed by atoms with Gasteiger partial charge in [-0.1, -0.05) is 0 Å². The molecule has 4 saturated carbocycles. The van der Waals surface area contributed by atoms with E-state index in [0.29, 0.717) is 17.8 Å². The lowest BCUT2D eigenvalue weighted by molar-refractivity contribution is -0.494. The van der Waals surface area contributed by atoms with Crippen LogP contribution in [0.5, 0.6) is 0 Å². The molecular weight excluding hydrogens is 178 g/mol. The molecule has 0 saturated heterocycles. The monoisotopic (exact) mass is 195 g/mol. The maximum atomic E-state index is 10.6. The highest BCUT2D eigenvalue weighted by molar-refractivity contribution is 4.97. The maximum absolute atomic E-state index is 10.6. The maximum Gasteiger partial charge on any atom is 0.207 e. The van der Waals surface area contributed by atoms with Gasteiger partial charge in [-0.15, -0.1) is 0 Å². The van der Waals surface area contributed by atoms with Gasteiger partial charge in [-0.25, -0.2) is 0 Å². The van der Waals surface area contributed by atoms with E-state index in [9.17, 15) is 10.1 Å². The largest absolute Gasteiger partial charge is 0.265 e. The second-order valence-corrected chi connectivity index (χ2v) is 5.61. The Morgan fingerprint density at radius 3 is 1.93 bits per heavy atom. The van der Waals surface area contributed by atoms with Gasteiger partial charge in [-0.05, 0) is 55.8 Å². The molecule has 0 amide bonds. The Balaban J connectivity index is 1.77. The van der Waals surface area contributed by atoms with E-state index in [1.54, 1.807) is 0 Å². The highest BCUT2D eigenvalue weighted by atomic mass is 16.6. The summed E-state index contributed by atoms with van der Waals surface area (Å²) in [5.41, 5.74) is 0. The molecule has 4 bridgehead atoms. The second-order valence-electron chi connectivity index (χ2n) is 5.61. The van der Waals surface area contributed by atoms with Crippen LogP contribution in [0.3, 0.4) is 0 Å². The molecule has 0 aromatic carbocycles. The molecule has 0 radical (unpaired) electrons. The summed E-state index contributed by atoms with van der Waals surface area (Å²) in [4.78, 5) is 10.5. The van der Waals surface area contributed by atoms with Crippen LogP contribution in [-0.2, 0) is 0 Å². The van der Waals surface area contributed by atoms with E-state index in [2.05, 4.69) is 0 Å². The van der Waals surface area contributed by atoms with Crippen LogP contribution < -0.4 is 0 Å². The lowest BCUT2D eigenvalue weighted by atomic mass is 9.52. The molecule has 0 unspecified atom stereocenters. The van der Waals surface area contributed by atoms with Crippen LogP contribution in [0.1, 0.15) is 32.1 Å². The topological polar surface area (TPSA) is 43.1 Å². The quantitative estimate of drug-likeness (QED) is 0.501. The van der Waals surface area contributed by atoms with Gasteiger partial charge in [-0.2, -0.15) is 0 Å². The van der Waals surface area contributed by atoms with Crippen molar-refractivity contribution in [3.63, 3.8) is 0 Å². The third kappa shape index (κ3) is 1.25. The highest BCUT2D eigenvalue weighted by Crippen LogP contribution is 2.56. The fourth-order valence-electron chi connectivity index (χ4n) is 4.51. The second kappa shape index (κ2) is 2.94. The lowest BCUT2D eigenvalue weighted by Crippen LogP contribution is -2.47. The normalized spacial score (nSPS) is 49.6. The highest BCUT2D eigenvalue weighted by Gasteiger charge is 2.49. The summed E-state index contributed by atoms with van der Waals surface area (Å²) in [6, 6.07) is 0. The van der Waals surface area contributed by atoms with Gasteiger partial charge in [0.05, 0.1) is 0 Å². The third-order valence-electron chi connectivity index (χ3n) is 4.78. The van der Waals surface area contributed by atoms with E-state index in [1.165, 1.54) is 32.1 Å². The molecule has 0 aliphatic heterocycles. The Labute approximate surface area is 84.0 Å². The van der Waals surface area contributed by atoms with Crippen LogP contribution >= 0.6 is 0 Å². The molecule has 0 aromatic heterocycles. The van der Waals surface area contributed by atoms with E-state index in [1.807, 2.05) is 0 Å². The van der Waals surface area contributed by atoms with Crippen LogP contribution in [0.25, 0.3) is 0 Å². The summed E-state index contributed by atoms with van der Waals surface area (Å²) in [5.74, 6) is 3.70. The average molecular weight is 195 g/mol. The molecule has 0 N–H and O–H groups in total. The molecule has 4 aliphatic carbocycles. The molecule has 0 spiro atoms. The van der Waals surface area contributed by atoms with Crippen molar-refractivity contribution in [1.29, 1.82) is 0 Å². The fourth-order valence-corrected chi connectivity index (χ4v) is 4.51. The molecule has 78 valence electrons. The van der Waals surface area contributed by atoms with Crippen LogP contribution in [0.2, 0.25) is 0 Å². The van der Waals surface area contributed by atoms with Crippen LogP contribution in [-0.4, -0.2) is 11.5 Å². The molecule has 4 rings (SSSR count). The first-order valence-electron chi connectivity index (χ1n) is 5.84. The number of rotatable bonds is 2. The van der Waals surface area contributed by atoms with Crippen molar-refractivity contribution >= 4 is 0 Å². The zero-order chi connectivity index (χ0) is 9.71. The van der Waals surface area contributed by atoms with Crippen molar-refractivity contribution in [2.45, 2.75) is 32.1 Å². The van der Waals surface area contributed by atoms with Gasteiger partial charge < -0.3 is 0 Å². The standard InChI is InChI=1S/C11H17NO2/c13-12(14)6-11-9-2-7-1-8(4-9)5-10(11)3-7/h7-11H,1-6H2. The predicted octanol–water partition coefficient (Wildman–Crippen LogP) is 2.34. The number of nitro groups is 1. The van der Waals surface area contributed by atoms with Crippen molar-refractivity contribution in [2.75, 3.05) is 6.54 Å². The average Bonchev–Trinajstić information content (AvgIpc) is 2.09. The van der Waals surface area contributed by atoms with E-state index in [0.717, 1.165) is 11.8 Å². The summed E-state index contributed by atoms with van der Waals surface area (Å²) in [7, 11) is 0. The molecule has 14 heavy (non-hydrogen) atoms. The van der Waals surface area contributed by atoms with Gasteiger partial charge in [0.15, 0.2) is 0 Å². The van der Waals surface area contributed by atoms with Gasteiger partial charge >= 0.3 is 0 Å². The minimum atomic E-state index is -0.0904. The Bertz CT molecular complexity index is 236. The number of nitrogens with zero attached hydrogens (tertiary/aromatic N) is 1. The molecule has 0 aromatic rings. The van der Waals surface area contributed by atoms with Crippen molar-refractivity contribution in [2.24, 2.45) is 29.6 Å². The zero-order valence-corrected chi connectivity index (χ0v) is 8.39. The fraction of sp³-hybridized carbons (Fsp3) is 1.00. The van der Waals surface area contributed by atoms with E-state index in [4.69, 9.17) is 0 Å². The Morgan fingerprint density at radius 2 is 1.50 bits per heavy atom. The Morgan fingerprint density at radius 1 is 1.00 bits per heavy atom. The number of hydrogen-bond acceptors (Lipinski definition) is 2. The first kappa shape index (κ1) is 8.69. The smallest absolute Gasteiger partial charge is 0.207 e. The van der Waals surface area contributed by atoms with Crippen molar-refractivity contribution in [3.05, 3.63) is 10.1 Å². The van der Waals surface area contributed by atoms with Crippen LogP contribution in [0.15, 0.2) is 0 Å². The van der Waals surface area contributed by atoms with E-state index >= 15 is 0 Å². The van der Waals surface area contributed by atoms with Crippen molar-refractivity contribution in [3.8, 4) is 0 Å². The molecule has 0 heterocycles. The van der Waals surface area contributed by atoms with Crippen LogP contribution in [0, 0.1) is 39.7 Å². The summed E-state index contributed by atoms with van der Waals surface area (Å²) < 4.78 is 0.